The minimum atomic E-state index is -1.11. The zero-order chi connectivity index (χ0) is 22.9. The zero-order valence-corrected chi connectivity index (χ0v) is 17.5. The first kappa shape index (κ1) is 20.2. The number of ether oxygens (including phenoxy) is 1. The number of carbonyl (C=O) groups is 1. The average Bonchev–Trinajstić information content (AvgIpc) is 3.32. The summed E-state index contributed by atoms with van der Waals surface area (Å²) in [5, 5.41) is 13.4. The summed E-state index contributed by atoms with van der Waals surface area (Å²) in [5.41, 5.74) is 2.96. The number of carboxylic acid groups (broad SMARTS) is 1. The number of hydrogen-bond donors (Lipinski definition) is 2. The lowest BCUT2D eigenvalue weighted by Crippen LogP contribution is -2.14. The van der Waals surface area contributed by atoms with E-state index in [2.05, 4.69) is 15.1 Å². The quantitative estimate of drug-likeness (QED) is 0.416. The fraction of sp³-hybridized carbons (Fsp3) is 0.0400. The highest BCUT2D eigenvalue weighted by atomic mass is 16.5. The van der Waals surface area contributed by atoms with Gasteiger partial charge in [0.1, 0.15) is 11.5 Å². The molecule has 5 aromatic rings. The second kappa shape index (κ2) is 8.08. The van der Waals surface area contributed by atoms with E-state index in [1.54, 1.807) is 12.1 Å². The number of H-pyrrole nitrogens is 1. The van der Waals surface area contributed by atoms with Crippen molar-refractivity contribution in [3.63, 3.8) is 0 Å². The standard InChI is InChI=1S/C25H18N4O4/c1-15-10-21-20(23(30)28-25(27-21)29-14-18(13-26-29)24(31)32)12-22(15)33-19-9-5-8-17(11-19)16-6-3-2-4-7-16/h2-14H,1H3,(H,31,32)(H,27,28,30). The van der Waals surface area contributed by atoms with Crippen LogP contribution in [0.3, 0.4) is 0 Å². The monoisotopic (exact) mass is 438 g/mol. The van der Waals surface area contributed by atoms with Crippen LogP contribution in [0.2, 0.25) is 0 Å². The van der Waals surface area contributed by atoms with Crippen molar-refractivity contribution in [1.29, 1.82) is 0 Å². The van der Waals surface area contributed by atoms with Crippen molar-refractivity contribution < 1.29 is 14.6 Å². The summed E-state index contributed by atoms with van der Waals surface area (Å²) in [7, 11) is 0. The number of benzene rings is 3. The number of hydrogen-bond acceptors (Lipinski definition) is 5. The van der Waals surface area contributed by atoms with E-state index in [4.69, 9.17) is 9.84 Å². The molecule has 5 rings (SSSR count). The number of nitrogens with zero attached hydrogens (tertiary/aromatic N) is 3. The Morgan fingerprint density at radius 1 is 1.03 bits per heavy atom. The van der Waals surface area contributed by atoms with Crippen molar-refractivity contribution >= 4 is 16.9 Å². The number of rotatable bonds is 5. The lowest BCUT2D eigenvalue weighted by Gasteiger charge is -2.12. The molecule has 0 fully saturated rings. The normalized spacial score (nSPS) is 10.9. The summed E-state index contributed by atoms with van der Waals surface area (Å²) in [5.74, 6) is 0.208. The van der Waals surface area contributed by atoms with E-state index in [1.165, 1.54) is 17.1 Å². The number of aromatic carboxylic acids is 1. The van der Waals surface area contributed by atoms with Crippen LogP contribution in [0, 0.1) is 6.92 Å². The largest absolute Gasteiger partial charge is 0.478 e. The molecule has 2 heterocycles. The minimum absolute atomic E-state index is 0.00425. The van der Waals surface area contributed by atoms with Crippen molar-refractivity contribution in [2.24, 2.45) is 0 Å². The molecule has 0 spiro atoms. The van der Waals surface area contributed by atoms with E-state index < -0.39 is 5.97 Å². The van der Waals surface area contributed by atoms with Gasteiger partial charge in [0.25, 0.3) is 5.56 Å². The zero-order valence-electron chi connectivity index (χ0n) is 17.5. The molecule has 0 atom stereocenters. The van der Waals surface area contributed by atoms with Crippen LogP contribution in [0.4, 0.5) is 0 Å². The Bertz CT molecular complexity index is 1550. The molecule has 3 aromatic carbocycles. The highest BCUT2D eigenvalue weighted by Crippen LogP contribution is 2.30. The van der Waals surface area contributed by atoms with Crippen LogP contribution < -0.4 is 10.3 Å². The van der Waals surface area contributed by atoms with Crippen molar-refractivity contribution in [2.75, 3.05) is 0 Å². The maximum atomic E-state index is 12.8. The van der Waals surface area contributed by atoms with Crippen molar-refractivity contribution in [3.8, 4) is 28.6 Å². The Hall–Kier alpha value is -4.72. The Labute approximate surface area is 187 Å². The van der Waals surface area contributed by atoms with Gasteiger partial charge in [0, 0.05) is 6.20 Å². The number of aromatic amines is 1. The van der Waals surface area contributed by atoms with Gasteiger partial charge in [-0.25, -0.2) is 14.5 Å². The molecule has 162 valence electrons. The SMILES string of the molecule is Cc1cc2nc(-n3cc(C(=O)O)cn3)[nH]c(=O)c2cc1Oc1cccc(-c2ccccc2)c1. The number of aromatic nitrogens is 4. The van der Waals surface area contributed by atoms with E-state index in [9.17, 15) is 9.59 Å². The fourth-order valence-corrected chi connectivity index (χ4v) is 3.52. The summed E-state index contributed by atoms with van der Waals surface area (Å²) < 4.78 is 7.34. The van der Waals surface area contributed by atoms with Gasteiger partial charge in [-0.15, -0.1) is 0 Å². The molecule has 0 bridgehead atoms. The summed E-state index contributed by atoms with van der Waals surface area (Å²) in [6.45, 7) is 1.87. The molecule has 2 N–H and O–H groups in total. The van der Waals surface area contributed by atoms with Gasteiger partial charge >= 0.3 is 5.97 Å². The number of aryl methyl sites for hydroxylation is 1. The molecule has 0 radical (unpaired) electrons. The number of fused-ring (bicyclic) bond motifs is 1. The maximum Gasteiger partial charge on any atom is 0.338 e. The second-order valence-corrected chi connectivity index (χ2v) is 7.50. The lowest BCUT2D eigenvalue weighted by atomic mass is 10.1. The maximum absolute atomic E-state index is 12.8. The summed E-state index contributed by atoms with van der Waals surface area (Å²) in [4.78, 5) is 30.9. The Kier molecular flexibility index (Phi) is 4.95. The molecule has 8 heteroatoms. The minimum Gasteiger partial charge on any atom is -0.478 e. The first-order valence-electron chi connectivity index (χ1n) is 10.1. The van der Waals surface area contributed by atoms with Crippen molar-refractivity contribution in [1.82, 2.24) is 19.7 Å². The van der Waals surface area contributed by atoms with E-state index >= 15 is 0 Å². The van der Waals surface area contributed by atoms with Crippen LogP contribution in [0.1, 0.15) is 15.9 Å². The van der Waals surface area contributed by atoms with Crippen molar-refractivity contribution in [3.05, 3.63) is 101 Å². The van der Waals surface area contributed by atoms with Crippen LogP contribution in [-0.2, 0) is 0 Å². The van der Waals surface area contributed by atoms with Gasteiger partial charge in [0.15, 0.2) is 0 Å². The van der Waals surface area contributed by atoms with Gasteiger partial charge in [-0.2, -0.15) is 5.10 Å². The van der Waals surface area contributed by atoms with Gasteiger partial charge in [-0.3, -0.25) is 9.78 Å². The fourth-order valence-electron chi connectivity index (χ4n) is 3.52. The summed E-state index contributed by atoms with van der Waals surface area (Å²) in [6.07, 6.45) is 2.48. The highest BCUT2D eigenvalue weighted by Gasteiger charge is 2.13. The third-order valence-corrected chi connectivity index (χ3v) is 5.21. The second-order valence-electron chi connectivity index (χ2n) is 7.50. The van der Waals surface area contributed by atoms with Crippen LogP contribution >= 0.6 is 0 Å². The van der Waals surface area contributed by atoms with Gasteiger partial charge in [0.05, 0.1) is 22.7 Å². The highest BCUT2D eigenvalue weighted by molar-refractivity contribution is 5.87. The van der Waals surface area contributed by atoms with E-state index in [1.807, 2.05) is 61.5 Å². The Morgan fingerprint density at radius 2 is 1.82 bits per heavy atom. The molecule has 0 saturated heterocycles. The Morgan fingerprint density at radius 3 is 2.58 bits per heavy atom. The number of carboxylic acids is 1. The van der Waals surface area contributed by atoms with Crippen LogP contribution in [0.25, 0.3) is 28.0 Å². The topological polar surface area (TPSA) is 110 Å². The van der Waals surface area contributed by atoms with Crippen LogP contribution in [-0.4, -0.2) is 30.8 Å². The smallest absolute Gasteiger partial charge is 0.338 e. The predicted octanol–water partition coefficient (Wildman–Crippen LogP) is 4.57. The van der Waals surface area contributed by atoms with Gasteiger partial charge < -0.3 is 9.84 Å². The third kappa shape index (κ3) is 3.97. The lowest BCUT2D eigenvalue weighted by molar-refractivity contribution is 0.0697. The van der Waals surface area contributed by atoms with E-state index in [0.29, 0.717) is 22.4 Å². The predicted molar refractivity (Wildman–Crippen MR) is 123 cm³/mol. The first-order chi connectivity index (χ1) is 16.0. The third-order valence-electron chi connectivity index (χ3n) is 5.21. The molecule has 0 unspecified atom stereocenters. The molecule has 0 aliphatic carbocycles. The van der Waals surface area contributed by atoms with Gasteiger partial charge in [0.2, 0.25) is 5.95 Å². The summed E-state index contributed by atoms with van der Waals surface area (Å²) in [6, 6.07) is 21.1. The summed E-state index contributed by atoms with van der Waals surface area (Å²) >= 11 is 0. The van der Waals surface area contributed by atoms with Crippen molar-refractivity contribution in [2.45, 2.75) is 6.92 Å². The van der Waals surface area contributed by atoms with Gasteiger partial charge in [-0.05, 0) is 47.9 Å². The molecule has 0 aliphatic rings. The molecule has 33 heavy (non-hydrogen) atoms. The molecule has 8 nitrogen and oxygen atoms in total. The first-order valence-corrected chi connectivity index (χ1v) is 10.1. The molecular formula is C25H18N4O4. The number of nitrogens with one attached hydrogen (secondary N) is 1. The van der Waals surface area contributed by atoms with E-state index in [-0.39, 0.29) is 17.1 Å². The van der Waals surface area contributed by atoms with Crippen LogP contribution in [0.15, 0.2) is 83.9 Å². The average molecular weight is 438 g/mol. The molecule has 0 aliphatic heterocycles. The van der Waals surface area contributed by atoms with Gasteiger partial charge in [-0.1, -0.05) is 42.5 Å². The van der Waals surface area contributed by atoms with E-state index in [0.717, 1.165) is 16.7 Å². The Balaban J connectivity index is 1.50. The molecule has 2 aromatic heterocycles. The molecule has 0 amide bonds. The van der Waals surface area contributed by atoms with Crippen LogP contribution in [0.5, 0.6) is 11.5 Å². The molecular weight excluding hydrogens is 420 g/mol. The molecule has 0 saturated carbocycles.